The highest BCUT2D eigenvalue weighted by molar-refractivity contribution is 7.07. The summed E-state index contributed by atoms with van der Waals surface area (Å²) in [6.45, 7) is 4.00. The second-order valence-electron chi connectivity index (χ2n) is 2.59. The van der Waals surface area contributed by atoms with Gasteiger partial charge in [-0.05, 0) is 13.8 Å². The van der Waals surface area contributed by atoms with Gasteiger partial charge in [-0.15, -0.1) is 11.3 Å². The lowest BCUT2D eigenvalue weighted by molar-refractivity contribution is 0.0160. The van der Waals surface area contributed by atoms with Crippen LogP contribution in [0.1, 0.15) is 19.5 Å². The molecule has 0 N–H and O–H groups in total. The van der Waals surface area contributed by atoms with Crippen LogP contribution in [0.5, 0.6) is 0 Å². The first-order chi connectivity index (χ1) is 4.67. The number of hydrogen-bond acceptors (Lipinski definition) is 3. The Hall–Kier alpha value is -0.410. The van der Waals surface area contributed by atoms with Crippen LogP contribution in [0.2, 0.25) is 0 Å². The van der Waals surface area contributed by atoms with Crippen molar-refractivity contribution in [2.24, 2.45) is 0 Å². The van der Waals surface area contributed by atoms with Gasteiger partial charge in [-0.2, -0.15) is 0 Å². The normalized spacial score (nSPS) is 11.9. The Morgan fingerprint density at radius 3 is 2.70 bits per heavy atom. The molecular weight excluding hydrogens is 146 g/mol. The molecule has 10 heavy (non-hydrogen) atoms. The SMILES string of the molecule is COC(C)(C)c1cscn1. The predicted octanol–water partition coefficient (Wildman–Crippen LogP) is 2.02. The Kier molecular flexibility index (Phi) is 2.06. The Bertz CT molecular complexity index is 193. The van der Waals surface area contributed by atoms with E-state index in [1.54, 1.807) is 18.4 Å². The second-order valence-corrected chi connectivity index (χ2v) is 3.31. The van der Waals surface area contributed by atoms with E-state index in [9.17, 15) is 0 Å². The van der Waals surface area contributed by atoms with Crippen LogP contribution in [-0.4, -0.2) is 12.1 Å². The van der Waals surface area contributed by atoms with Gasteiger partial charge in [0.2, 0.25) is 0 Å². The van der Waals surface area contributed by atoms with Gasteiger partial charge in [0, 0.05) is 12.5 Å². The molecule has 2 nitrogen and oxygen atoms in total. The molecule has 0 saturated heterocycles. The van der Waals surface area contributed by atoms with E-state index in [1.165, 1.54) is 0 Å². The monoisotopic (exact) mass is 157 g/mol. The van der Waals surface area contributed by atoms with Crippen molar-refractivity contribution in [3.8, 4) is 0 Å². The molecule has 0 saturated carbocycles. The van der Waals surface area contributed by atoms with Gasteiger partial charge in [-0.25, -0.2) is 4.98 Å². The summed E-state index contributed by atoms with van der Waals surface area (Å²) in [5.74, 6) is 0. The van der Waals surface area contributed by atoms with E-state index < -0.39 is 0 Å². The van der Waals surface area contributed by atoms with Gasteiger partial charge < -0.3 is 4.74 Å². The third kappa shape index (κ3) is 1.36. The topological polar surface area (TPSA) is 22.1 Å². The quantitative estimate of drug-likeness (QED) is 0.655. The maximum absolute atomic E-state index is 5.23. The largest absolute Gasteiger partial charge is 0.372 e. The first-order valence-corrected chi connectivity index (χ1v) is 4.05. The van der Waals surface area contributed by atoms with Crippen LogP contribution < -0.4 is 0 Å². The van der Waals surface area contributed by atoms with Crippen molar-refractivity contribution >= 4 is 11.3 Å². The van der Waals surface area contributed by atoms with Crippen LogP contribution in [0.4, 0.5) is 0 Å². The lowest BCUT2D eigenvalue weighted by Crippen LogP contribution is -2.19. The van der Waals surface area contributed by atoms with Gasteiger partial charge in [-0.1, -0.05) is 0 Å². The third-order valence-electron chi connectivity index (χ3n) is 1.56. The smallest absolute Gasteiger partial charge is 0.105 e. The minimum absolute atomic E-state index is 0.236. The zero-order valence-electron chi connectivity index (χ0n) is 6.42. The fourth-order valence-corrected chi connectivity index (χ4v) is 1.32. The highest BCUT2D eigenvalue weighted by Crippen LogP contribution is 2.22. The molecule has 0 fully saturated rings. The number of thiazole rings is 1. The van der Waals surface area contributed by atoms with Crippen molar-refractivity contribution in [2.75, 3.05) is 7.11 Å². The molecule has 0 aliphatic heterocycles. The molecule has 0 amide bonds. The first kappa shape index (κ1) is 7.69. The third-order valence-corrected chi connectivity index (χ3v) is 2.15. The molecule has 0 atom stereocenters. The van der Waals surface area contributed by atoms with Crippen molar-refractivity contribution in [2.45, 2.75) is 19.4 Å². The van der Waals surface area contributed by atoms with E-state index in [0.29, 0.717) is 0 Å². The molecule has 1 aromatic heterocycles. The van der Waals surface area contributed by atoms with Crippen LogP contribution in [0.25, 0.3) is 0 Å². The van der Waals surface area contributed by atoms with Crippen LogP contribution in [-0.2, 0) is 10.3 Å². The van der Waals surface area contributed by atoms with Crippen molar-refractivity contribution < 1.29 is 4.74 Å². The average molecular weight is 157 g/mol. The minimum Gasteiger partial charge on any atom is -0.372 e. The van der Waals surface area contributed by atoms with Crippen LogP contribution in [0, 0.1) is 0 Å². The molecule has 0 bridgehead atoms. The molecule has 0 radical (unpaired) electrons. The summed E-state index contributed by atoms with van der Waals surface area (Å²) in [5.41, 5.74) is 2.58. The summed E-state index contributed by atoms with van der Waals surface area (Å²) in [6.07, 6.45) is 0. The second kappa shape index (κ2) is 2.68. The molecule has 1 heterocycles. The lowest BCUT2D eigenvalue weighted by atomic mass is 10.1. The molecule has 0 aromatic carbocycles. The van der Waals surface area contributed by atoms with Gasteiger partial charge in [0.05, 0.1) is 11.2 Å². The highest BCUT2D eigenvalue weighted by atomic mass is 32.1. The van der Waals surface area contributed by atoms with Gasteiger partial charge >= 0.3 is 0 Å². The Morgan fingerprint density at radius 2 is 2.30 bits per heavy atom. The summed E-state index contributed by atoms with van der Waals surface area (Å²) in [5, 5.41) is 2.00. The summed E-state index contributed by atoms with van der Waals surface area (Å²) < 4.78 is 5.23. The summed E-state index contributed by atoms with van der Waals surface area (Å²) in [6, 6.07) is 0. The molecule has 1 aromatic rings. The zero-order chi connectivity index (χ0) is 7.61. The first-order valence-electron chi connectivity index (χ1n) is 3.10. The Morgan fingerprint density at radius 1 is 1.60 bits per heavy atom. The van der Waals surface area contributed by atoms with E-state index >= 15 is 0 Å². The maximum atomic E-state index is 5.23. The molecule has 1 rings (SSSR count). The van der Waals surface area contributed by atoms with Crippen LogP contribution >= 0.6 is 11.3 Å². The van der Waals surface area contributed by atoms with E-state index in [2.05, 4.69) is 4.98 Å². The number of aromatic nitrogens is 1. The molecule has 56 valence electrons. The maximum Gasteiger partial charge on any atom is 0.105 e. The summed E-state index contributed by atoms with van der Waals surface area (Å²) >= 11 is 1.59. The molecule has 0 spiro atoms. The molecular formula is C7H11NOS. The van der Waals surface area contributed by atoms with Crippen molar-refractivity contribution in [3.63, 3.8) is 0 Å². The van der Waals surface area contributed by atoms with Crippen molar-refractivity contribution in [3.05, 3.63) is 16.6 Å². The van der Waals surface area contributed by atoms with E-state index in [0.717, 1.165) is 5.69 Å². The van der Waals surface area contributed by atoms with Crippen LogP contribution in [0.3, 0.4) is 0 Å². The fraction of sp³-hybridized carbons (Fsp3) is 0.571. The Labute approximate surface area is 64.9 Å². The van der Waals surface area contributed by atoms with E-state index in [4.69, 9.17) is 4.74 Å². The number of hydrogen-bond donors (Lipinski definition) is 0. The minimum atomic E-state index is -0.236. The van der Waals surface area contributed by atoms with Gasteiger partial charge in [0.25, 0.3) is 0 Å². The van der Waals surface area contributed by atoms with Gasteiger partial charge in [0.1, 0.15) is 5.60 Å². The lowest BCUT2D eigenvalue weighted by Gasteiger charge is -2.19. The fourth-order valence-electron chi connectivity index (χ4n) is 0.614. The predicted molar refractivity (Wildman–Crippen MR) is 42.1 cm³/mol. The molecule has 0 aliphatic rings. The van der Waals surface area contributed by atoms with Gasteiger partial charge in [0.15, 0.2) is 0 Å². The van der Waals surface area contributed by atoms with Crippen molar-refractivity contribution in [1.82, 2.24) is 4.98 Å². The summed E-state index contributed by atoms with van der Waals surface area (Å²) in [7, 11) is 1.69. The Balaban J connectivity index is 2.85. The zero-order valence-corrected chi connectivity index (χ0v) is 7.23. The standard InChI is InChI=1S/C7H11NOS/c1-7(2,9-3)6-4-10-5-8-6/h4-5H,1-3H3. The number of rotatable bonds is 2. The number of nitrogens with zero attached hydrogens (tertiary/aromatic N) is 1. The van der Waals surface area contributed by atoms with Crippen molar-refractivity contribution in [1.29, 1.82) is 0 Å². The summed E-state index contributed by atoms with van der Waals surface area (Å²) in [4.78, 5) is 4.15. The van der Waals surface area contributed by atoms with E-state index in [-0.39, 0.29) is 5.60 Å². The number of methoxy groups -OCH3 is 1. The van der Waals surface area contributed by atoms with Crippen LogP contribution in [0.15, 0.2) is 10.9 Å². The van der Waals surface area contributed by atoms with E-state index in [1.807, 2.05) is 24.7 Å². The number of ether oxygens (including phenoxy) is 1. The highest BCUT2D eigenvalue weighted by Gasteiger charge is 2.20. The molecule has 0 aliphatic carbocycles. The average Bonchev–Trinajstić information content (AvgIpc) is 2.38. The molecule has 3 heteroatoms. The van der Waals surface area contributed by atoms with Gasteiger partial charge in [-0.3, -0.25) is 0 Å². The molecule has 0 unspecified atom stereocenters.